The summed E-state index contributed by atoms with van der Waals surface area (Å²) < 4.78 is 2.20. The van der Waals surface area contributed by atoms with E-state index in [1.165, 1.54) is 9.58 Å². The standard InChI is InChI=1S/C22H25BrN4O4/c1-2-18(28)27-17(13-8-10-14(23)11-9-13)12-16(25-27)19-20(29)24-22(31)26(21(19)30)15-6-4-3-5-7-15/h8-11,15,17,30H,2-7,12H2,1H3,(H,24,29,31). The monoisotopic (exact) mass is 488 g/mol. The fourth-order valence-electron chi connectivity index (χ4n) is 4.47. The van der Waals surface area contributed by atoms with Crippen molar-refractivity contribution in [1.82, 2.24) is 14.6 Å². The molecule has 2 heterocycles. The van der Waals surface area contributed by atoms with Gasteiger partial charge in [0.05, 0.1) is 11.8 Å². The third-order valence-electron chi connectivity index (χ3n) is 6.07. The Labute approximate surface area is 187 Å². The fourth-order valence-corrected chi connectivity index (χ4v) is 4.74. The normalized spacial score (nSPS) is 19.5. The van der Waals surface area contributed by atoms with E-state index in [1.54, 1.807) is 6.92 Å². The van der Waals surface area contributed by atoms with E-state index < -0.39 is 11.2 Å². The van der Waals surface area contributed by atoms with E-state index in [0.717, 1.165) is 42.1 Å². The van der Waals surface area contributed by atoms with Gasteiger partial charge >= 0.3 is 5.69 Å². The van der Waals surface area contributed by atoms with Gasteiger partial charge in [-0.15, -0.1) is 0 Å². The van der Waals surface area contributed by atoms with Gasteiger partial charge in [-0.3, -0.25) is 19.1 Å². The highest BCUT2D eigenvalue weighted by Crippen LogP contribution is 2.36. The fraction of sp³-hybridized carbons (Fsp3) is 0.455. The van der Waals surface area contributed by atoms with Crippen molar-refractivity contribution in [1.29, 1.82) is 0 Å². The number of hydrogen-bond donors (Lipinski definition) is 2. The second kappa shape index (κ2) is 8.82. The molecule has 8 nitrogen and oxygen atoms in total. The molecule has 1 saturated carbocycles. The third-order valence-corrected chi connectivity index (χ3v) is 6.60. The summed E-state index contributed by atoms with van der Waals surface area (Å²) in [4.78, 5) is 40.1. The predicted molar refractivity (Wildman–Crippen MR) is 120 cm³/mol. The molecular weight excluding hydrogens is 464 g/mol. The number of halogens is 1. The Morgan fingerprint density at radius 2 is 1.87 bits per heavy atom. The Morgan fingerprint density at radius 1 is 1.19 bits per heavy atom. The Balaban J connectivity index is 1.78. The molecule has 1 aliphatic heterocycles. The lowest BCUT2D eigenvalue weighted by Gasteiger charge is -2.25. The first-order chi connectivity index (χ1) is 14.9. The van der Waals surface area contributed by atoms with Crippen molar-refractivity contribution in [3.8, 4) is 5.88 Å². The Morgan fingerprint density at radius 3 is 2.52 bits per heavy atom. The first kappa shape index (κ1) is 21.5. The number of benzene rings is 1. The topological polar surface area (TPSA) is 108 Å². The van der Waals surface area contributed by atoms with Gasteiger partial charge in [0.15, 0.2) is 0 Å². The number of hydrazone groups is 1. The molecule has 1 atom stereocenters. The van der Waals surface area contributed by atoms with Crippen molar-refractivity contribution in [3.05, 3.63) is 60.7 Å². The maximum atomic E-state index is 12.7. The molecule has 9 heteroatoms. The first-order valence-corrected chi connectivity index (χ1v) is 11.4. The lowest BCUT2D eigenvalue weighted by Crippen LogP contribution is -2.36. The van der Waals surface area contributed by atoms with Crippen LogP contribution in [0.5, 0.6) is 5.88 Å². The molecule has 1 unspecified atom stereocenters. The predicted octanol–water partition coefficient (Wildman–Crippen LogP) is 3.60. The van der Waals surface area contributed by atoms with Crippen LogP contribution in [0.3, 0.4) is 0 Å². The van der Waals surface area contributed by atoms with Crippen LogP contribution in [0.1, 0.15) is 75.1 Å². The van der Waals surface area contributed by atoms with E-state index >= 15 is 0 Å². The van der Waals surface area contributed by atoms with Crippen LogP contribution in [-0.4, -0.2) is 31.3 Å². The molecule has 4 rings (SSSR count). The van der Waals surface area contributed by atoms with E-state index in [9.17, 15) is 19.5 Å². The molecule has 1 aliphatic carbocycles. The molecule has 2 aliphatic rings. The summed E-state index contributed by atoms with van der Waals surface area (Å²) in [5.74, 6) is -0.542. The molecular formula is C22H25BrN4O4. The lowest BCUT2D eigenvalue weighted by atomic mass is 9.95. The van der Waals surface area contributed by atoms with Crippen LogP contribution in [-0.2, 0) is 4.79 Å². The Kier molecular flexibility index (Phi) is 6.13. The molecule has 2 aromatic rings. The van der Waals surface area contributed by atoms with E-state index in [4.69, 9.17) is 0 Å². The zero-order valence-corrected chi connectivity index (χ0v) is 18.9. The zero-order chi connectivity index (χ0) is 22.1. The summed E-state index contributed by atoms with van der Waals surface area (Å²) in [6, 6.07) is 7.02. The number of H-pyrrole nitrogens is 1. The smallest absolute Gasteiger partial charge is 0.331 e. The minimum Gasteiger partial charge on any atom is -0.494 e. The molecule has 0 radical (unpaired) electrons. The van der Waals surface area contributed by atoms with Crippen LogP contribution in [0.15, 0.2) is 43.4 Å². The first-order valence-electron chi connectivity index (χ1n) is 10.6. The number of hydrogen-bond acceptors (Lipinski definition) is 5. The van der Waals surface area contributed by atoms with Gasteiger partial charge in [-0.25, -0.2) is 9.80 Å². The van der Waals surface area contributed by atoms with Crippen LogP contribution >= 0.6 is 15.9 Å². The zero-order valence-electron chi connectivity index (χ0n) is 17.3. The molecule has 1 aromatic heterocycles. The van der Waals surface area contributed by atoms with Gasteiger partial charge < -0.3 is 5.11 Å². The van der Waals surface area contributed by atoms with Crippen LogP contribution in [0.2, 0.25) is 0 Å². The SMILES string of the molecule is CCC(=O)N1N=C(c2c(O)n(C3CCCCC3)c(=O)[nH]c2=O)CC1c1ccc(Br)cc1. The molecule has 1 fully saturated rings. The average molecular weight is 489 g/mol. The van der Waals surface area contributed by atoms with E-state index in [-0.39, 0.29) is 42.3 Å². The molecule has 2 N–H and O–H groups in total. The summed E-state index contributed by atoms with van der Waals surface area (Å²) in [7, 11) is 0. The molecule has 0 spiro atoms. The van der Waals surface area contributed by atoms with Gasteiger partial charge in [-0.05, 0) is 30.5 Å². The minimum absolute atomic E-state index is 0.0290. The highest BCUT2D eigenvalue weighted by Gasteiger charge is 2.35. The van der Waals surface area contributed by atoms with Gasteiger partial charge in [0.25, 0.3) is 5.56 Å². The summed E-state index contributed by atoms with van der Waals surface area (Å²) in [6.45, 7) is 1.75. The number of aromatic amines is 1. The van der Waals surface area contributed by atoms with Crippen molar-refractivity contribution >= 4 is 27.5 Å². The summed E-state index contributed by atoms with van der Waals surface area (Å²) in [5, 5.41) is 16.8. The van der Waals surface area contributed by atoms with Crippen LogP contribution in [0.4, 0.5) is 0 Å². The van der Waals surface area contributed by atoms with Crippen molar-refractivity contribution in [2.75, 3.05) is 0 Å². The maximum Gasteiger partial charge on any atom is 0.331 e. The van der Waals surface area contributed by atoms with Crippen molar-refractivity contribution in [2.45, 2.75) is 64.0 Å². The minimum atomic E-state index is -0.686. The summed E-state index contributed by atoms with van der Waals surface area (Å²) in [5.41, 5.74) is -0.145. The number of carbonyl (C=O) groups is 1. The van der Waals surface area contributed by atoms with Crippen LogP contribution in [0, 0.1) is 0 Å². The number of amides is 1. The Bertz CT molecular complexity index is 1130. The molecule has 31 heavy (non-hydrogen) atoms. The van der Waals surface area contributed by atoms with Gasteiger partial charge in [-0.1, -0.05) is 54.2 Å². The second-order valence-corrected chi connectivity index (χ2v) is 8.95. The largest absolute Gasteiger partial charge is 0.494 e. The van der Waals surface area contributed by atoms with Crippen LogP contribution in [0.25, 0.3) is 0 Å². The van der Waals surface area contributed by atoms with Gasteiger partial charge in [0.2, 0.25) is 11.8 Å². The molecule has 164 valence electrons. The number of rotatable bonds is 4. The van der Waals surface area contributed by atoms with Crippen molar-refractivity contribution in [2.24, 2.45) is 5.10 Å². The maximum absolute atomic E-state index is 12.7. The van der Waals surface area contributed by atoms with Gasteiger partial charge in [0, 0.05) is 23.4 Å². The van der Waals surface area contributed by atoms with E-state index in [1.807, 2.05) is 24.3 Å². The van der Waals surface area contributed by atoms with Crippen molar-refractivity contribution in [3.63, 3.8) is 0 Å². The second-order valence-electron chi connectivity index (χ2n) is 8.03. The van der Waals surface area contributed by atoms with Gasteiger partial charge in [-0.2, -0.15) is 5.10 Å². The number of nitrogens with one attached hydrogen (secondary N) is 1. The number of nitrogens with zero attached hydrogens (tertiary/aromatic N) is 3. The number of aromatic hydroxyl groups is 1. The molecule has 0 bridgehead atoms. The molecule has 1 aromatic carbocycles. The number of aromatic nitrogens is 2. The van der Waals surface area contributed by atoms with Gasteiger partial charge in [0.1, 0.15) is 5.56 Å². The lowest BCUT2D eigenvalue weighted by molar-refractivity contribution is -0.132. The van der Waals surface area contributed by atoms with Crippen LogP contribution < -0.4 is 11.2 Å². The third kappa shape index (κ3) is 4.11. The van der Waals surface area contributed by atoms with Crippen molar-refractivity contribution < 1.29 is 9.90 Å². The highest BCUT2D eigenvalue weighted by atomic mass is 79.9. The van der Waals surface area contributed by atoms with E-state index in [2.05, 4.69) is 26.0 Å². The summed E-state index contributed by atoms with van der Waals surface area (Å²) >= 11 is 3.41. The number of carbonyl (C=O) groups excluding carboxylic acids is 1. The van der Waals surface area contributed by atoms with E-state index in [0.29, 0.717) is 5.71 Å². The molecule has 0 saturated heterocycles. The molecule has 1 amide bonds. The average Bonchev–Trinajstić information content (AvgIpc) is 3.19. The Hall–Kier alpha value is -2.68. The quantitative estimate of drug-likeness (QED) is 0.684. The highest BCUT2D eigenvalue weighted by molar-refractivity contribution is 9.10. The summed E-state index contributed by atoms with van der Waals surface area (Å²) in [6.07, 6.45) is 5.10.